The van der Waals surface area contributed by atoms with Crippen LogP contribution in [0.15, 0.2) is 12.7 Å². The standard InChI is InChI=1S/C3H5.2FH.Tb/c1-3-2;;;/h3H,1-2H2;2*1H;/q;;;+2/p-2. The normalized spacial score (nSPS) is 4.17. The van der Waals surface area contributed by atoms with Gasteiger partial charge in [0.15, 0.2) is 0 Å². The van der Waals surface area contributed by atoms with Crippen LogP contribution in [0.25, 0.3) is 0 Å². The van der Waals surface area contributed by atoms with Gasteiger partial charge in [-0.05, 0) is 0 Å². The molecule has 0 amide bonds. The van der Waals surface area contributed by atoms with E-state index >= 15 is 0 Å². The number of rotatable bonds is 1. The third-order valence-corrected chi connectivity index (χ3v) is 0.714. The Hall–Kier alpha value is 0.886. The monoisotopic (exact) mass is 238 g/mol. The van der Waals surface area contributed by atoms with E-state index in [0.717, 1.165) is 2.39 Å². The molecule has 0 unspecified atom stereocenters. The Balaban J connectivity index is -0.0000000450. The summed E-state index contributed by atoms with van der Waals surface area (Å²) in [5, 5.41) is 0. The van der Waals surface area contributed by atoms with Crippen molar-refractivity contribution in [3.05, 3.63) is 12.7 Å². The molecule has 0 saturated carbocycles. The Kier molecular flexibility index (Phi) is 44.4. The zero-order valence-corrected chi connectivity index (χ0v) is 5.22. The minimum absolute atomic E-state index is 0. The topological polar surface area (TPSA) is 0 Å². The van der Waals surface area contributed by atoms with Crippen molar-refractivity contribution in [2.75, 3.05) is 0 Å². The van der Waals surface area contributed by atoms with Crippen molar-refractivity contribution in [1.82, 2.24) is 0 Å². The van der Waals surface area contributed by atoms with Crippen LogP contribution >= 0.6 is 0 Å². The van der Waals surface area contributed by atoms with Gasteiger partial charge in [-0.15, -0.1) is 0 Å². The second-order valence-electron chi connectivity index (χ2n) is 0.425. The summed E-state index contributed by atoms with van der Waals surface area (Å²) in [6, 6.07) is 0. The molecule has 0 N–H and O–H groups in total. The van der Waals surface area contributed by atoms with E-state index in [1.54, 1.807) is 0 Å². The van der Waals surface area contributed by atoms with Crippen molar-refractivity contribution in [3.63, 3.8) is 0 Å². The smallest absolute Gasteiger partial charge is 1.00 e. The first kappa shape index (κ1) is 15.8. The summed E-state index contributed by atoms with van der Waals surface area (Å²) in [5.74, 6) is 0. The quantitative estimate of drug-likeness (QED) is 0.402. The molecule has 0 saturated heterocycles. The Bertz CT molecular complexity index is 22.8. The van der Waals surface area contributed by atoms with Gasteiger partial charge in [0.05, 0.1) is 0 Å². The van der Waals surface area contributed by atoms with Crippen molar-refractivity contribution >= 4 is 0 Å². The molecule has 0 bridgehead atoms. The van der Waals surface area contributed by atoms with Crippen molar-refractivity contribution in [2.24, 2.45) is 0 Å². The predicted octanol–water partition coefficient (Wildman–Crippen LogP) is -4.85. The van der Waals surface area contributed by atoms with Crippen LogP contribution in [0.3, 0.4) is 0 Å². The molecule has 0 atom stereocenters. The predicted molar refractivity (Wildman–Crippen MR) is 15.0 cm³/mol. The minimum Gasteiger partial charge on any atom is -1.00 e. The first-order chi connectivity index (χ1) is 1.91. The average molecular weight is 238 g/mol. The van der Waals surface area contributed by atoms with Gasteiger partial charge in [0, 0.05) is 0 Å². The minimum atomic E-state index is 0. The van der Waals surface area contributed by atoms with Gasteiger partial charge < -0.3 is 9.41 Å². The van der Waals surface area contributed by atoms with Gasteiger partial charge in [-0.3, -0.25) is 0 Å². The van der Waals surface area contributed by atoms with Crippen LogP contribution < -0.4 is 9.41 Å². The van der Waals surface area contributed by atoms with E-state index in [9.17, 15) is 0 Å². The van der Waals surface area contributed by atoms with Crippen molar-refractivity contribution in [1.29, 1.82) is 0 Å². The molecule has 0 rings (SSSR count). The molecule has 0 aliphatic carbocycles. The van der Waals surface area contributed by atoms with E-state index in [1.807, 2.05) is 6.08 Å². The van der Waals surface area contributed by atoms with Crippen molar-refractivity contribution < 1.29 is 46.0 Å². The van der Waals surface area contributed by atoms with Crippen LogP contribution in [0.4, 0.5) is 0 Å². The van der Waals surface area contributed by atoms with Crippen LogP contribution in [0.5, 0.6) is 0 Å². The van der Waals surface area contributed by atoms with Gasteiger partial charge in [-0.2, -0.15) is 0 Å². The molecule has 0 aliphatic rings. The van der Waals surface area contributed by atoms with E-state index in [1.165, 1.54) is 0 Å². The molecule has 6 heavy (non-hydrogen) atoms. The Morgan fingerprint density at radius 2 is 1.67 bits per heavy atom. The summed E-state index contributed by atoms with van der Waals surface area (Å²) in [4.78, 5) is 0. The van der Waals surface area contributed by atoms with E-state index in [4.69, 9.17) is 0 Å². The Labute approximate surface area is 60.7 Å². The van der Waals surface area contributed by atoms with Gasteiger partial charge in [0.1, 0.15) is 0 Å². The van der Waals surface area contributed by atoms with E-state index in [-0.39, 0.29) is 9.41 Å². The van der Waals surface area contributed by atoms with E-state index in [2.05, 4.69) is 43.2 Å². The molecule has 0 heterocycles. The number of hydrogen-bond donors (Lipinski definition) is 0. The van der Waals surface area contributed by atoms with Crippen molar-refractivity contribution in [2.45, 2.75) is 2.39 Å². The van der Waals surface area contributed by atoms with Crippen LogP contribution in [0, 0.1) is 36.6 Å². The second-order valence-corrected chi connectivity index (χ2v) is 1.30. The maximum Gasteiger partial charge on any atom is -1.00 e. The summed E-state index contributed by atoms with van der Waals surface area (Å²) < 4.78 is 1.08. The fourth-order valence-corrected chi connectivity index (χ4v) is 0. The summed E-state index contributed by atoms with van der Waals surface area (Å²) >= 11 is 2.06. The molecule has 40 valence electrons. The third kappa shape index (κ3) is 20.7. The second kappa shape index (κ2) is 16.9. The summed E-state index contributed by atoms with van der Waals surface area (Å²) in [7, 11) is 0. The molecular weight excluding hydrogens is 233 g/mol. The zero-order chi connectivity index (χ0) is 3.41. The van der Waals surface area contributed by atoms with Gasteiger partial charge in [-0.1, -0.05) is 0 Å². The fourth-order valence-electron chi connectivity index (χ4n) is 0. The maximum atomic E-state index is 3.48. The van der Waals surface area contributed by atoms with Crippen molar-refractivity contribution in [3.8, 4) is 0 Å². The van der Waals surface area contributed by atoms with Crippen LogP contribution in [-0.2, 0) is 0 Å². The summed E-state index contributed by atoms with van der Waals surface area (Å²) in [6.45, 7) is 3.48. The molecular formula is C3H5F2Tb. The molecule has 3 heteroatoms. The summed E-state index contributed by atoms with van der Waals surface area (Å²) in [6.07, 6.45) is 1.88. The van der Waals surface area contributed by atoms with E-state index in [0.29, 0.717) is 0 Å². The third-order valence-electron chi connectivity index (χ3n) is 0.0962. The average Bonchev–Trinajstić information content (AvgIpc) is 1.37. The van der Waals surface area contributed by atoms with Crippen LogP contribution in [-0.4, -0.2) is 0 Å². The van der Waals surface area contributed by atoms with Crippen LogP contribution in [0.2, 0.25) is 2.39 Å². The number of allylic oxidation sites excluding steroid dienone is 1. The fraction of sp³-hybridized carbons (Fsp3) is 0.333. The molecule has 0 nitrogen and oxygen atoms in total. The molecule has 0 fully saturated rings. The summed E-state index contributed by atoms with van der Waals surface area (Å²) in [5.41, 5.74) is 0. The number of hydrogen-bond acceptors (Lipinski definition) is 0. The molecule has 0 radical (unpaired) electrons. The Morgan fingerprint density at radius 3 is 1.67 bits per heavy atom. The number of halogens is 2. The zero-order valence-electron chi connectivity index (χ0n) is 3.08. The molecule has 0 aromatic heterocycles. The van der Waals surface area contributed by atoms with Gasteiger partial charge in [-0.25, -0.2) is 0 Å². The van der Waals surface area contributed by atoms with Gasteiger partial charge >= 0.3 is 51.7 Å². The van der Waals surface area contributed by atoms with Crippen LogP contribution in [0.1, 0.15) is 0 Å². The molecule has 0 aliphatic heterocycles. The van der Waals surface area contributed by atoms with E-state index < -0.39 is 0 Å². The van der Waals surface area contributed by atoms with Gasteiger partial charge in [0.2, 0.25) is 0 Å². The molecule has 0 spiro atoms. The first-order valence-electron chi connectivity index (χ1n) is 1.05. The van der Waals surface area contributed by atoms with Gasteiger partial charge in [0.25, 0.3) is 0 Å². The maximum absolute atomic E-state index is 3.48. The SMILES string of the molecule is C=C[CH2][Tb+2].[F-].[F-]. The molecule has 0 aromatic carbocycles. The molecule has 0 aromatic rings. The first-order valence-corrected chi connectivity index (χ1v) is 2.56. The Morgan fingerprint density at radius 1 is 1.50 bits per heavy atom. The largest absolute Gasteiger partial charge is 1.00 e.